The van der Waals surface area contributed by atoms with Crippen LogP contribution in [0.25, 0.3) is 0 Å². The Hall–Kier alpha value is -3.92. The summed E-state index contributed by atoms with van der Waals surface area (Å²) in [4.78, 5) is 42.5. The molecule has 3 N–H and O–H groups in total. The van der Waals surface area contributed by atoms with E-state index in [1.165, 1.54) is 4.90 Å². The summed E-state index contributed by atoms with van der Waals surface area (Å²) < 4.78 is 17.1. The summed E-state index contributed by atoms with van der Waals surface area (Å²) in [5.74, 6) is -1.04. The van der Waals surface area contributed by atoms with Crippen molar-refractivity contribution in [3.8, 4) is 0 Å². The normalized spacial score (nSPS) is 22.1. The number of nitrogens with one attached hydrogen (secondary N) is 1. The van der Waals surface area contributed by atoms with Gasteiger partial charge in [-0.25, -0.2) is 14.4 Å². The number of carbonyl (C=O) groups is 3. The summed E-state index contributed by atoms with van der Waals surface area (Å²) in [6, 6.07) is 13.4. The predicted molar refractivity (Wildman–Crippen MR) is 122 cm³/mol. The molecule has 3 atom stereocenters. The van der Waals surface area contributed by atoms with Crippen LogP contribution >= 0.6 is 0 Å². The third-order valence-electron chi connectivity index (χ3n) is 5.63. The second kappa shape index (κ2) is 9.92. The average molecular weight is 466 g/mol. The zero-order valence-electron chi connectivity index (χ0n) is 18.9. The van der Waals surface area contributed by atoms with E-state index in [-0.39, 0.29) is 25.7 Å². The Balaban J connectivity index is 1.46. The molecule has 0 bridgehead atoms. The number of guanidine groups is 1. The summed E-state index contributed by atoms with van der Waals surface area (Å²) in [7, 11) is 0. The summed E-state index contributed by atoms with van der Waals surface area (Å²) in [5, 5.41) is 2.78. The number of hydrogen-bond donors (Lipinski definition) is 2. The van der Waals surface area contributed by atoms with E-state index < -0.39 is 36.4 Å². The second-order valence-electron chi connectivity index (χ2n) is 8.22. The molecule has 2 aliphatic heterocycles. The standard InChI is InChI=1S/C24H26N4O6/c1-14-3-7-16(8-4-14)21(29)32-12-19-18(34-22(30)17-9-5-15(2)6-10-17)11-20(33-19)28-13-26-23(25)27-24(28)31/h3-10,18-20H,11-13H2,1-2H3,(H3,25,26,27,31)/t18-,19-,20-/m1/s1. The molecular weight excluding hydrogens is 440 g/mol. The van der Waals surface area contributed by atoms with Crippen molar-refractivity contribution in [2.24, 2.45) is 10.7 Å². The van der Waals surface area contributed by atoms with Gasteiger partial charge in [0.05, 0.1) is 17.8 Å². The maximum Gasteiger partial charge on any atom is 0.350 e. The molecule has 0 aromatic heterocycles. The molecule has 2 amide bonds. The van der Waals surface area contributed by atoms with Gasteiger partial charge in [-0.2, -0.15) is 4.99 Å². The molecule has 0 radical (unpaired) electrons. The van der Waals surface area contributed by atoms with E-state index in [1.807, 2.05) is 38.1 Å². The number of benzene rings is 2. The zero-order valence-corrected chi connectivity index (χ0v) is 18.9. The fourth-order valence-corrected chi connectivity index (χ4v) is 3.66. The van der Waals surface area contributed by atoms with Crippen LogP contribution in [0.15, 0.2) is 53.5 Å². The van der Waals surface area contributed by atoms with Gasteiger partial charge >= 0.3 is 18.0 Å². The molecule has 2 aromatic rings. The lowest BCUT2D eigenvalue weighted by Crippen LogP contribution is -2.52. The quantitative estimate of drug-likeness (QED) is 0.619. The van der Waals surface area contributed by atoms with Crippen molar-refractivity contribution < 1.29 is 28.6 Å². The molecule has 2 aromatic carbocycles. The van der Waals surface area contributed by atoms with Crippen LogP contribution in [0.2, 0.25) is 0 Å². The molecule has 0 spiro atoms. The van der Waals surface area contributed by atoms with E-state index in [9.17, 15) is 14.4 Å². The molecule has 0 aliphatic carbocycles. The number of esters is 2. The Labute approximate surface area is 196 Å². The highest BCUT2D eigenvalue weighted by Gasteiger charge is 2.43. The topological polar surface area (TPSA) is 133 Å². The van der Waals surface area contributed by atoms with Gasteiger partial charge in [-0.15, -0.1) is 0 Å². The minimum absolute atomic E-state index is 0.0187. The third-order valence-corrected chi connectivity index (χ3v) is 5.63. The number of carbonyl (C=O) groups excluding carboxylic acids is 3. The second-order valence-corrected chi connectivity index (χ2v) is 8.22. The van der Waals surface area contributed by atoms with Gasteiger partial charge in [-0.3, -0.25) is 4.90 Å². The first kappa shape index (κ1) is 23.2. The van der Waals surface area contributed by atoms with E-state index in [0.717, 1.165) is 11.1 Å². The molecule has 0 saturated carbocycles. The van der Waals surface area contributed by atoms with E-state index in [4.69, 9.17) is 19.9 Å². The van der Waals surface area contributed by atoms with Gasteiger partial charge in [0.25, 0.3) is 0 Å². The molecule has 4 rings (SSSR count). The van der Waals surface area contributed by atoms with Gasteiger partial charge in [-0.1, -0.05) is 35.4 Å². The van der Waals surface area contributed by atoms with Crippen molar-refractivity contribution in [3.05, 3.63) is 70.8 Å². The van der Waals surface area contributed by atoms with Gasteiger partial charge in [0.1, 0.15) is 25.0 Å². The molecule has 34 heavy (non-hydrogen) atoms. The lowest BCUT2D eigenvalue weighted by molar-refractivity contribution is -0.0720. The van der Waals surface area contributed by atoms with E-state index >= 15 is 0 Å². The number of hydrogen-bond acceptors (Lipinski definition) is 8. The number of nitrogens with zero attached hydrogens (tertiary/aromatic N) is 2. The highest BCUT2D eigenvalue weighted by molar-refractivity contribution is 5.93. The number of amides is 2. The van der Waals surface area contributed by atoms with Crippen molar-refractivity contribution in [2.75, 3.05) is 13.3 Å². The lowest BCUT2D eigenvalue weighted by Gasteiger charge is -2.29. The van der Waals surface area contributed by atoms with E-state index in [0.29, 0.717) is 11.1 Å². The van der Waals surface area contributed by atoms with Crippen LogP contribution in [0, 0.1) is 13.8 Å². The lowest BCUT2D eigenvalue weighted by atomic mass is 10.1. The number of nitrogens with two attached hydrogens (primary N) is 1. The van der Waals surface area contributed by atoms with Crippen LogP contribution in [-0.4, -0.2) is 60.5 Å². The summed E-state index contributed by atoms with van der Waals surface area (Å²) in [6.45, 7) is 3.77. The first-order chi connectivity index (χ1) is 16.3. The zero-order chi connectivity index (χ0) is 24.2. The monoisotopic (exact) mass is 466 g/mol. The molecule has 10 heteroatoms. The van der Waals surface area contributed by atoms with E-state index in [2.05, 4.69) is 10.3 Å². The van der Waals surface area contributed by atoms with Crippen LogP contribution in [0.5, 0.6) is 0 Å². The van der Waals surface area contributed by atoms with Crippen LogP contribution in [0.3, 0.4) is 0 Å². The molecule has 2 heterocycles. The molecule has 178 valence electrons. The first-order valence-corrected chi connectivity index (χ1v) is 10.9. The fourth-order valence-electron chi connectivity index (χ4n) is 3.66. The van der Waals surface area contributed by atoms with Gasteiger partial charge in [0, 0.05) is 6.42 Å². The number of urea groups is 1. The van der Waals surface area contributed by atoms with Gasteiger partial charge in [0.15, 0.2) is 5.96 Å². The molecular formula is C24H26N4O6. The van der Waals surface area contributed by atoms with E-state index in [1.54, 1.807) is 24.3 Å². The SMILES string of the molecule is Cc1ccc(C(=O)OC[C@H]2O[C@@H](N3CNC(N)=NC3=O)C[C@H]2OC(=O)c2ccc(C)cc2)cc1. The summed E-state index contributed by atoms with van der Waals surface area (Å²) >= 11 is 0. The highest BCUT2D eigenvalue weighted by Crippen LogP contribution is 2.28. The Morgan fingerprint density at radius 1 is 1.06 bits per heavy atom. The average Bonchev–Trinajstić information content (AvgIpc) is 3.20. The first-order valence-electron chi connectivity index (χ1n) is 10.9. The predicted octanol–water partition coefficient (Wildman–Crippen LogP) is 2.10. The number of aryl methyl sites for hydroxylation is 2. The Morgan fingerprint density at radius 2 is 1.65 bits per heavy atom. The number of aliphatic imine (C=N–C) groups is 1. The maximum absolute atomic E-state index is 12.7. The van der Waals surface area contributed by atoms with Gasteiger partial charge in [-0.05, 0) is 38.1 Å². The molecule has 10 nitrogen and oxygen atoms in total. The van der Waals surface area contributed by atoms with Gasteiger partial charge < -0.3 is 25.3 Å². The Bertz CT molecular complexity index is 1100. The number of ether oxygens (including phenoxy) is 3. The van der Waals surface area contributed by atoms with Crippen LogP contribution in [0.4, 0.5) is 4.79 Å². The Kier molecular flexibility index (Phi) is 6.78. The Morgan fingerprint density at radius 3 is 2.24 bits per heavy atom. The number of rotatable bonds is 6. The highest BCUT2D eigenvalue weighted by atomic mass is 16.6. The third kappa shape index (κ3) is 5.34. The van der Waals surface area contributed by atoms with Crippen LogP contribution in [-0.2, 0) is 14.2 Å². The molecule has 1 saturated heterocycles. The van der Waals surface area contributed by atoms with Gasteiger partial charge in [0.2, 0.25) is 0 Å². The van der Waals surface area contributed by atoms with Crippen LogP contribution < -0.4 is 11.1 Å². The van der Waals surface area contributed by atoms with Crippen molar-refractivity contribution in [3.63, 3.8) is 0 Å². The van der Waals surface area contributed by atoms with Crippen LogP contribution in [0.1, 0.15) is 38.3 Å². The van der Waals surface area contributed by atoms with Crippen molar-refractivity contribution >= 4 is 23.9 Å². The fraction of sp³-hybridized carbons (Fsp3) is 0.333. The summed E-state index contributed by atoms with van der Waals surface area (Å²) in [5.41, 5.74) is 8.36. The largest absolute Gasteiger partial charge is 0.459 e. The van der Waals surface area contributed by atoms with Crippen molar-refractivity contribution in [1.29, 1.82) is 0 Å². The minimum Gasteiger partial charge on any atom is -0.459 e. The van der Waals surface area contributed by atoms with Crippen molar-refractivity contribution in [1.82, 2.24) is 10.2 Å². The molecule has 1 fully saturated rings. The molecule has 2 aliphatic rings. The van der Waals surface area contributed by atoms with Crippen molar-refractivity contribution in [2.45, 2.75) is 38.7 Å². The smallest absolute Gasteiger partial charge is 0.350 e. The molecule has 0 unspecified atom stereocenters. The maximum atomic E-state index is 12.7. The minimum atomic E-state index is -0.773. The summed E-state index contributed by atoms with van der Waals surface area (Å²) in [6.07, 6.45) is -2.08.